The van der Waals surface area contributed by atoms with Crippen molar-refractivity contribution in [3.8, 4) is 0 Å². The molecule has 1 amide bonds. The number of carbonyl (C=O) groups is 1. The fourth-order valence-corrected chi connectivity index (χ4v) is 5.39. The quantitative estimate of drug-likeness (QED) is 0.394. The maximum Gasteiger partial charge on any atom is 0.323 e. The number of nitrogens with one attached hydrogen (secondary N) is 3. The highest BCUT2D eigenvalue weighted by atomic mass is 32.2. The largest absolute Gasteiger partial charge is 0.367 e. The van der Waals surface area contributed by atoms with Crippen LogP contribution in [0.15, 0.2) is 82.5 Å². The van der Waals surface area contributed by atoms with Crippen molar-refractivity contribution in [1.29, 1.82) is 0 Å². The summed E-state index contributed by atoms with van der Waals surface area (Å²) in [6, 6.07) is 20.5. The lowest BCUT2D eigenvalue weighted by atomic mass is 10.1. The molecule has 1 aliphatic rings. The Morgan fingerprint density at radius 2 is 1.69 bits per heavy atom. The second kappa shape index (κ2) is 9.05. The Kier molecular flexibility index (Phi) is 5.91. The number of H-pyrrole nitrogens is 2. The third kappa shape index (κ3) is 4.71. The van der Waals surface area contributed by atoms with Crippen LogP contribution in [0.2, 0.25) is 0 Å². The highest BCUT2D eigenvalue weighted by Gasteiger charge is 2.31. The molecule has 9 nitrogen and oxygen atoms in total. The Labute approximate surface area is 201 Å². The molecule has 1 saturated heterocycles. The average Bonchev–Trinajstić information content (AvgIpc) is 3.23. The first-order chi connectivity index (χ1) is 16.8. The van der Waals surface area contributed by atoms with Gasteiger partial charge in [-0.2, -0.15) is 0 Å². The number of benzene rings is 3. The fraction of sp³-hybridized carbons (Fsp3) is 0.200. The van der Waals surface area contributed by atoms with Crippen LogP contribution in [0.4, 0.5) is 5.69 Å². The van der Waals surface area contributed by atoms with E-state index in [0.29, 0.717) is 24.1 Å². The van der Waals surface area contributed by atoms with Gasteiger partial charge in [-0.3, -0.25) is 9.52 Å². The first-order valence-electron chi connectivity index (χ1n) is 11.1. The summed E-state index contributed by atoms with van der Waals surface area (Å²) in [7, 11) is -4.03. The number of amides is 1. The van der Waals surface area contributed by atoms with E-state index >= 15 is 0 Å². The van der Waals surface area contributed by atoms with Crippen molar-refractivity contribution in [3.05, 3.63) is 94.4 Å². The maximum atomic E-state index is 13.5. The number of aromatic nitrogens is 2. The van der Waals surface area contributed by atoms with E-state index in [1.165, 1.54) is 18.2 Å². The van der Waals surface area contributed by atoms with E-state index in [1.54, 1.807) is 29.2 Å². The van der Waals surface area contributed by atoms with Gasteiger partial charge in [-0.25, -0.2) is 13.2 Å². The summed E-state index contributed by atoms with van der Waals surface area (Å²) < 4.78 is 34.9. The van der Waals surface area contributed by atoms with Crippen molar-refractivity contribution in [1.82, 2.24) is 14.9 Å². The monoisotopic (exact) mass is 492 g/mol. The second-order valence-electron chi connectivity index (χ2n) is 8.49. The van der Waals surface area contributed by atoms with Crippen molar-refractivity contribution in [2.24, 2.45) is 0 Å². The van der Waals surface area contributed by atoms with E-state index in [1.807, 2.05) is 37.3 Å². The molecule has 5 rings (SSSR count). The van der Waals surface area contributed by atoms with E-state index in [0.717, 1.165) is 5.56 Å². The van der Waals surface area contributed by atoms with E-state index in [-0.39, 0.29) is 34.3 Å². The molecule has 10 heteroatoms. The Morgan fingerprint density at radius 1 is 0.971 bits per heavy atom. The fourth-order valence-electron chi connectivity index (χ4n) is 4.28. The zero-order valence-electron chi connectivity index (χ0n) is 18.9. The van der Waals surface area contributed by atoms with Crippen LogP contribution in [0.1, 0.15) is 28.9 Å². The number of nitrogens with zero attached hydrogens (tertiary/aromatic N) is 1. The molecule has 0 saturated carbocycles. The van der Waals surface area contributed by atoms with Crippen molar-refractivity contribution < 1.29 is 17.9 Å². The summed E-state index contributed by atoms with van der Waals surface area (Å²) in [5.41, 5.74) is 1.84. The number of fused-ring (bicyclic) bond motifs is 1. The van der Waals surface area contributed by atoms with Crippen LogP contribution in [-0.2, 0) is 14.8 Å². The van der Waals surface area contributed by atoms with Crippen LogP contribution in [0, 0.1) is 0 Å². The second-order valence-corrected chi connectivity index (χ2v) is 10.2. The van der Waals surface area contributed by atoms with Gasteiger partial charge in [0.15, 0.2) is 0 Å². The lowest BCUT2D eigenvalue weighted by Crippen LogP contribution is -2.46. The third-order valence-electron chi connectivity index (χ3n) is 5.92. The van der Waals surface area contributed by atoms with Crippen LogP contribution in [0.25, 0.3) is 11.0 Å². The SMILES string of the molecule is CC1CN(C(=O)c2ccccc2NS(=O)(=O)c2ccc3[nH]c(=O)[nH]c3c2)CC(c2ccccc2)O1. The molecule has 0 bridgehead atoms. The van der Waals surface area contributed by atoms with E-state index < -0.39 is 15.7 Å². The zero-order valence-corrected chi connectivity index (χ0v) is 19.7. The number of rotatable bonds is 5. The molecule has 35 heavy (non-hydrogen) atoms. The summed E-state index contributed by atoms with van der Waals surface area (Å²) in [5, 5.41) is 0. The topological polar surface area (TPSA) is 124 Å². The van der Waals surface area contributed by atoms with E-state index in [9.17, 15) is 18.0 Å². The molecule has 1 fully saturated rings. The van der Waals surface area contributed by atoms with Gasteiger partial charge in [-0.05, 0) is 42.8 Å². The molecule has 2 atom stereocenters. The van der Waals surface area contributed by atoms with Gasteiger partial charge in [-0.1, -0.05) is 42.5 Å². The third-order valence-corrected chi connectivity index (χ3v) is 7.28. The normalized spacial score (nSPS) is 18.5. The summed E-state index contributed by atoms with van der Waals surface area (Å²) >= 11 is 0. The number of ether oxygens (including phenoxy) is 1. The lowest BCUT2D eigenvalue weighted by Gasteiger charge is -2.37. The minimum atomic E-state index is -4.03. The lowest BCUT2D eigenvalue weighted by molar-refractivity contribution is -0.0691. The highest BCUT2D eigenvalue weighted by molar-refractivity contribution is 7.92. The minimum absolute atomic E-state index is 0.0355. The average molecular weight is 493 g/mol. The van der Waals surface area contributed by atoms with Crippen molar-refractivity contribution in [2.45, 2.75) is 24.0 Å². The predicted molar refractivity (Wildman–Crippen MR) is 132 cm³/mol. The summed E-state index contributed by atoms with van der Waals surface area (Å²) in [5.74, 6) is -0.287. The summed E-state index contributed by atoms with van der Waals surface area (Å²) in [4.78, 5) is 31.8. The number of imidazole rings is 1. The number of sulfonamides is 1. The van der Waals surface area contributed by atoms with Crippen LogP contribution >= 0.6 is 0 Å². The molecule has 1 aromatic heterocycles. The Hall–Kier alpha value is -3.89. The Bertz CT molecular complexity index is 1540. The summed E-state index contributed by atoms with van der Waals surface area (Å²) in [6.07, 6.45) is -0.458. The minimum Gasteiger partial charge on any atom is -0.367 e. The molecule has 4 aromatic rings. The van der Waals surface area contributed by atoms with Gasteiger partial charge < -0.3 is 19.6 Å². The highest BCUT2D eigenvalue weighted by Crippen LogP contribution is 2.28. The van der Waals surface area contributed by atoms with Gasteiger partial charge in [0.1, 0.15) is 6.10 Å². The maximum absolute atomic E-state index is 13.5. The van der Waals surface area contributed by atoms with Crippen molar-refractivity contribution >= 4 is 32.7 Å². The van der Waals surface area contributed by atoms with Gasteiger partial charge >= 0.3 is 5.69 Å². The smallest absolute Gasteiger partial charge is 0.323 e. The molecule has 1 aliphatic heterocycles. The first-order valence-corrected chi connectivity index (χ1v) is 12.6. The molecular weight excluding hydrogens is 468 g/mol. The molecule has 3 aromatic carbocycles. The van der Waals surface area contributed by atoms with Gasteiger partial charge in [0.05, 0.1) is 39.8 Å². The number of anilines is 1. The molecular formula is C25H24N4O5S. The van der Waals surface area contributed by atoms with E-state index in [2.05, 4.69) is 14.7 Å². The van der Waals surface area contributed by atoms with Crippen LogP contribution in [-0.4, -0.2) is 48.4 Å². The number of aromatic amines is 2. The van der Waals surface area contributed by atoms with Gasteiger partial charge in [0.2, 0.25) is 0 Å². The number of hydrogen-bond donors (Lipinski definition) is 3. The first kappa shape index (κ1) is 22.9. The van der Waals surface area contributed by atoms with Crippen LogP contribution < -0.4 is 10.4 Å². The van der Waals surface area contributed by atoms with Crippen LogP contribution in [0.3, 0.4) is 0 Å². The molecule has 0 aliphatic carbocycles. The number of para-hydroxylation sites is 1. The van der Waals surface area contributed by atoms with Gasteiger partial charge in [0, 0.05) is 6.54 Å². The van der Waals surface area contributed by atoms with Crippen LogP contribution in [0.5, 0.6) is 0 Å². The predicted octanol–water partition coefficient (Wildman–Crippen LogP) is 3.26. The standard InChI is InChI=1S/C25H24N4O5S/c1-16-14-29(15-23(34-16)17-7-3-2-4-8-17)24(30)19-9-5-6-10-20(19)28-35(32,33)18-11-12-21-22(13-18)27-25(31)26-21/h2-13,16,23,28H,14-15H2,1H3,(H2,26,27,31). The van der Waals surface area contributed by atoms with Crippen molar-refractivity contribution in [2.75, 3.05) is 17.8 Å². The molecule has 3 N–H and O–H groups in total. The van der Waals surface area contributed by atoms with Gasteiger partial charge in [0.25, 0.3) is 15.9 Å². The molecule has 0 spiro atoms. The zero-order chi connectivity index (χ0) is 24.6. The summed E-state index contributed by atoms with van der Waals surface area (Å²) in [6.45, 7) is 2.65. The Balaban J connectivity index is 1.42. The van der Waals surface area contributed by atoms with Crippen molar-refractivity contribution in [3.63, 3.8) is 0 Å². The molecule has 180 valence electrons. The molecule has 2 heterocycles. The van der Waals surface area contributed by atoms with Gasteiger partial charge in [-0.15, -0.1) is 0 Å². The van der Waals surface area contributed by atoms with E-state index in [4.69, 9.17) is 4.74 Å². The number of morpholine rings is 1. The molecule has 2 unspecified atom stereocenters. The number of carbonyl (C=O) groups excluding carboxylic acids is 1. The Morgan fingerprint density at radius 3 is 2.49 bits per heavy atom. The number of hydrogen-bond acceptors (Lipinski definition) is 5. The molecule has 0 radical (unpaired) electrons.